The summed E-state index contributed by atoms with van der Waals surface area (Å²) in [6, 6.07) is 9.53. The number of ether oxygens (including phenoxy) is 2. The van der Waals surface area contributed by atoms with Crippen LogP contribution in [0.3, 0.4) is 0 Å². The van der Waals surface area contributed by atoms with E-state index in [4.69, 9.17) is 9.47 Å². The minimum absolute atomic E-state index is 0.529. The Bertz CT molecular complexity index is 685. The predicted octanol–water partition coefficient (Wildman–Crippen LogP) is 4.37. The highest BCUT2D eigenvalue weighted by atomic mass is 79.9. The summed E-state index contributed by atoms with van der Waals surface area (Å²) >= 11 is 6.95. The number of aryl methyl sites for hydroxylation is 1. The summed E-state index contributed by atoms with van der Waals surface area (Å²) in [6.45, 7) is 3.06. The van der Waals surface area contributed by atoms with Crippen LogP contribution in [0.15, 0.2) is 39.3 Å². The SMILES string of the molecule is Cc1cc(Br)ccc1C(O)c1cc2c(cc1Br)OCCO2. The normalized spacial score (nSPS) is 14.9. The van der Waals surface area contributed by atoms with Crippen LogP contribution in [-0.4, -0.2) is 18.3 Å². The molecule has 110 valence electrons. The van der Waals surface area contributed by atoms with Crippen molar-refractivity contribution in [1.82, 2.24) is 0 Å². The average molecular weight is 414 g/mol. The lowest BCUT2D eigenvalue weighted by Crippen LogP contribution is -2.16. The Balaban J connectivity index is 2.03. The maximum atomic E-state index is 10.7. The van der Waals surface area contributed by atoms with Gasteiger partial charge in [-0.3, -0.25) is 0 Å². The zero-order valence-electron chi connectivity index (χ0n) is 11.4. The third-order valence-corrected chi connectivity index (χ3v) is 4.66. The van der Waals surface area contributed by atoms with Crippen LogP contribution >= 0.6 is 31.9 Å². The van der Waals surface area contributed by atoms with Crippen LogP contribution in [0, 0.1) is 6.92 Å². The van der Waals surface area contributed by atoms with Gasteiger partial charge in [0, 0.05) is 14.5 Å². The first-order valence-electron chi connectivity index (χ1n) is 6.59. The molecule has 0 saturated heterocycles. The first-order valence-corrected chi connectivity index (χ1v) is 8.18. The second-order valence-electron chi connectivity index (χ2n) is 4.92. The van der Waals surface area contributed by atoms with Crippen molar-refractivity contribution in [2.24, 2.45) is 0 Å². The van der Waals surface area contributed by atoms with Crippen molar-refractivity contribution >= 4 is 31.9 Å². The Morgan fingerprint density at radius 1 is 1.00 bits per heavy atom. The molecule has 0 aromatic heterocycles. The van der Waals surface area contributed by atoms with Gasteiger partial charge in [0.2, 0.25) is 0 Å². The van der Waals surface area contributed by atoms with E-state index < -0.39 is 6.10 Å². The van der Waals surface area contributed by atoms with Crippen molar-refractivity contribution in [3.8, 4) is 11.5 Å². The standard InChI is InChI=1S/C16H14Br2O3/c1-9-6-10(17)2-3-11(9)16(19)12-7-14-15(8-13(12)18)21-5-4-20-14/h2-3,6-8,16,19H,4-5H2,1H3. The number of fused-ring (bicyclic) bond motifs is 1. The van der Waals surface area contributed by atoms with Crippen LogP contribution in [-0.2, 0) is 0 Å². The largest absolute Gasteiger partial charge is 0.486 e. The molecule has 0 bridgehead atoms. The minimum atomic E-state index is -0.719. The molecule has 0 amide bonds. The predicted molar refractivity (Wildman–Crippen MR) is 88.1 cm³/mol. The monoisotopic (exact) mass is 412 g/mol. The highest BCUT2D eigenvalue weighted by Gasteiger charge is 2.21. The molecule has 3 nitrogen and oxygen atoms in total. The molecule has 5 heteroatoms. The van der Waals surface area contributed by atoms with E-state index in [1.54, 1.807) is 0 Å². The molecule has 1 aliphatic heterocycles. The van der Waals surface area contributed by atoms with Gasteiger partial charge in [0.1, 0.15) is 19.3 Å². The molecule has 21 heavy (non-hydrogen) atoms. The third kappa shape index (κ3) is 2.96. The highest BCUT2D eigenvalue weighted by molar-refractivity contribution is 9.10. The van der Waals surface area contributed by atoms with Gasteiger partial charge in [-0.1, -0.05) is 37.9 Å². The van der Waals surface area contributed by atoms with E-state index in [1.807, 2.05) is 37.3 Å². The van der Waals surface area contributed by atoms with E-state index in [0.29, 0.717) is 24.7 Å². The molecule has 2 aromatic rings. The summed E-state index contributed by atoms with van der Waals surface area (Å²) in [4.78, 5) is 0. The van der Waals surface area contributed by atoms with Gasteiger partial charge in [-0.05, 0) is 42.3 Å². The summed E-state index contributed by atoms with van der Waals surface area (Å²) in [5.41, 5.74) is 2.67. The van der Waals surface area contributed by atoms with Gasteiger partial charge in [-0.2, -0.15) is 0 Å². The Kier molecular flexibility index (Phi) is 4.24. The maximum absolute atomic E-state index is 10.7. The number of halogens is 2. The Morgan fingerprint density at radius 2 is 1.67 bits per heavy atom. The molecule has 1 aliphatic rings. The molecule has 3 rings (SSSR count). The average Bonchev–Trinajstić information content (AvgIpc) is 2.46. The van der Waals surface area contributed by atoms with Gasteiger partial charge >= 0.3 is 0 Å². The van der Waals surface area contributed by atoms with E-state index >= 15 is 0 Å². The molecule has 1 N–H and O–H groups in total. The molecule has 1 unspecified atom stereocenters. The third-order valence-electron chi connectivity index (χ3n) is 3.48. The molecule has 0 fully saturated rings. The highest BCUT2D eigenvalue weighted by Crippen LogP contribution is 2.40. The van der Waals surface area contributed by atoms with Crippen LogP contribution in [0.4, 0.5) is 0 Å². The van der Waals surface area contributed by atoms with Crippen LogP contribution in [0.2, 0.25) is 0 Å². The number of benzene rings is 2. The summed E-state index contributed by atoms with van der Waals surface area (Å²) in [7, 11) is 0. The molecule has 2 aromatic carbocycles. The Morgan fingerprint density at radius 3 is 2.33 bits per heavy atom. The van der Waals surface area contributed by atoms with Crippen molar-refractivity contribution in [2.45, 2.75) is 13.0 Å². The Labute approximate surface area is 140 Å². The van der Waals surface area contributed by atoms with E-state index in [9.17, 15) is 5.11 Å². The van der Waals surface area contributed by atoms with Gasteiger partial charge < -0.3 is 14.6 Å². The quantitative estimate of drug-likeness (QED) is 0.794. The van der Waals surface area contributed by atoms with Crippen LogP contribution in [0.25, 0.3) is 0 Å². The number of aliphatic hydroxyl groups excluding tert-OH is 1. The summed E-state index contributed by atoms with van der Waals surface area (Å²) in [6.07, 6.45) is -0.719. The number of aliphatic hydroxyl groups is 1. The maximum Gasteiger partial charge on any atom is 0.162 e. The van der Waals surface area contributed by atoms with Crippen LogP contribution < -0.4 is 9.47 Å². The minimum Gasteiger partial charge on any atom is -0.486 e. The van der Waals surface area contributed by atoms with Crippen molar-refractivity contribution in [2.75, 3.05) is 13.2 Å². The molecule has 0 spiro atoms. The van der Waals surface area contributed by atoms with Gasteiger partial charge in [0.05, 0.1) is 0 Å². The fraction of sp³-hybridized carbons (Fsp3) is 0.250. The lowest BCUT2D eigenvalue weighted by molar-refractivity contribution is 0.169. The van der Waals surface area contributed by atoms with Crippen molar-refractivity contribution in [3.05, 3.63) is 56.0 Å². The van der Waals surface area contributed by atoms with Gasteiger partial charge in [0.25, 0.3) is 0 Å². The lowest BCUT2D eigenvalue weighted by Gasteiger charge is -2.22. The summed E-state index contributed by atoms with van der Waals surface area (Å²) < 4.78 is 12.9. The first-order chi connectivity index (χ1) is 10.1. The molecule has 0 radical (unpaired) electrons. The molecular formula is C16H14Br2O3. The molecular weight excluding hydrogens is 400 g/mol. The molecule has 1 atom stereocenters. The van der Waals surface area contributed by atoms with Crippen LogP contribution in [0.1, 0.15) is 22.8 Å². The first kappa shape index (κ1) is 14.9. The fourth-order valence-electron chi connectivity index (χ4n) is 2.40. The van der Waals surface area contributed by atoms with Crippen molar-refractivity contribution < 1.29 is 14.6 Å². The second-order valence-corrected chi connectivity index (χ2v) is 6.69. The second kappa shape index (κ2) is 5.99. The fourth-order valence-corrected chi connectivity index (χ4v) is 3.42. The summed E-state index contributed by atoms with van der Waals surface area (Å²) in [5, 5.41) is 10.7. The Hall–Kier alpha value is -1.04. The van der Waals surface area contributed by atoms with E-state index in [-0.39, 0.29) is 0 Å². The van der Waals surface area contributed by atoms with E-state index in [2.05, 4.69) is 31.9 Å². The topological polar surface area (TPSA) is 38.7 Å². The zero-order chi connectivity index (χ0) is 15.0. The van der Waals surface area contributed by atoms with E-state index in [0.717, 1.165) is 25.6 Å². The van der Waals surface area contributed by atoms with Crippen molar-refractivity contribution in [1.29, 1.82) is 0 Å². The van der Waals surface area contributed by atoms with Crippen LogP contribution in [0.5, 0.6) is 11.5 Å². The number of hydrogen-bond acceptors (Lipinski definition) is 3. The molecule has 1 heterocycles. The van der Waals surface area contributed by atoms with Gasteiger partial charge in [-0.25, -0.2) is 0 Å². The van der Waals surface area contributed by atoms with Crippen molar-refractivity contribution in [3.63, 3.8) is 0 Å². The number of hydrogen-bond donors (Lipinski definition) is 1. The summed E-state index contributed by atoms with van der Waals surface area (Å²) in [5.74, 6) is 1.38. The number of rotatable bonds is 2. The lowest BCUT2D eigenvalue weighted by atomic mass is 9.97. The molecule has 0 saturated carbocycles. The zero-order valence-corrected chi connectivity index (χ0v) is 14.6. The molecule has 0 aliphatic carbocycles. The smallest absolute Gasteiger partial charge is 0.162 e. The van der Waals surface area contributed by atoms with Gasteiger partial charge in [-0.15, -0.1) is 0 Å². The van der Waals surface area contributed by atoms with E-state index in [1.165, 1.54) is 0 Å². The van der Waals surface area contributed by atoms with Gasteiger partial charge in [0.15, 0.2) is 11.5 Å².